The molecule has 0 bridgehead atoms. The highest BCUT2D eigenvalue weighted by molar-refractivity contribution is 5.69. The number of carbonyl (C=O) groups is 1. The van der Waals surface area contributed by atoms with E-state index in [-0.39, 0.29) is 11.9 Å². The summed E-state index contributed by atoms with van der Waals surface area (Å²) in [5, 5.41) is 9.01. The van der Waals surface area contributed by atoms with Gasteiger partial charge in [-0.2, -0.15) is 0 Å². The lowest BCUT2D eigenvalue weighted by Gasteiger charge is -2.35. The topological polar surface area (TPSA) is 55.8 Å². The van der Waals surface area contributed by atoms with Crippen LogP contribution >= 0.6 is 0 Å². The predicted molar refractivity (Wildman–Crippen MR) is 96.0 cm³/mol. The van der Waals surface area contributed by atoms with Gasteiger partial charge in [-0.25, -0.2) is 4.39 Å². The van der Waals surface area contributed by atoms with Gasteiger partial charge in [-0.15, -0.1) is 0 Å². The third kappa shape index (κ3) is 4.75. The number of benzene rings is 2. The molecule has 4 nitrogen and oxygen atoms in total. The minimum absolute atomic E-state index is 0.0308. The van der Waals surface area contributed by atoms with Gasteiger partial charge in [0, 0.05) is 0 Å². The van der Waals surface area contributed by atoms with E-state index >= 15 is 0 Å². The van der Waals surface area contributed by atoms with Crippen LogP contribution in [-0.4, -0.2) is 23.8 Å². The summed E-state index contributed by atoms with van der Waals surface area (Å²) in [6.45, 7) is 2.27. The number of carboxylic acid groups (broad SMARTS) is 1. The number of halogens is 1. The monoisotopic (exact) mass is 358 g/mol. The van der Waals surface area contributed by atoms with E-state index in [2.05, 4.69) is 0 Å². The van der Waals surface area contributed by atoms with Crippen LogP contribution in [0.5, 0.6) is 11.5 Å². The summed E-state index contributed by atoms with van der Waals surface area (Å²) in [7, 11) is 0. The molecule has 2 aromatic rings. The average molecular weight is 358 g/mol. The van der Waals surface area contributed by atoms with Crippen molar-refractivity contribution in [1.29, 1.82) is 0 Å². The van der Waals surface area contributed by atoms with Gasteiger partial charge >= 0.3 is 5.97 Å². The molecule has 0 saturated heterocycles. The van der Waals surface area contributed by atoms with Crippen LogP contribution in [0.2, 0.25) is 0 Å². The van der Waals surface area contributed by atoms with Gasteiger partial charge in [-0.1, -0.05) is 31.2 Å². The van der Waals surface area contributed by atoms with Crippen LogP contribution in [0.15, 0.2) is 48.5 Å². The van der Waals surface area contributed by atoms with E-state index in [1.165, 1.54) is 6.07 Å². The Hall–Kier alpha value is -2.56. The van der Waals surface area contributed by atoms with Crippen molar-refractivity contribution in [2.24, 2.45) is 11.8 Å². The lowest BCUT2D eigenvalue weighted by Crippen LogP contribution is -2.37. The summed E-state index contributed by atoms with van der Waals surface area (Å²) in [6, 6.07) is 14.0. The second-order valence-corrected chi connectivity index (χ2v) is 6.91. The Morgan fingerprint density at radius 2 is 2.00 bits per heavy atom. The molecule has 1 unspecified atom stereocenters. The molecule has 0 radical (unpaired) electrons. The molecule has 0 aliphatic heterocycles. The number of rotatable bonds is 8. The maximum atomic E-state index is 13.6. The third-order valence-electron chi connectivity index (χ3n) is 4.67. The van der Waals surface area contributed by atoms with Crippen molar-refractivity contribution in [1.82, 2.24) is 0 Å². The smallest absolute Gasteiger partial charge is 0.306 e. The van der Waals surface area contributed by atoms with E-state index in [0.29, 0.717) is 24.7 Å². The predicted octanol–water partition coefficient (Wildman–Crippen LogP) is 4.33. The molecule has 1 atom stereocenters. The van der Waals surface area contributed by atoms with E-state index in [4.69, 9.17) is 14.6 Å². The summed E-state index contributed by atoms with van der Waals surface area (Å²) in [4.78, 5) is 11.0. The largest absolute Gasteiger partial charge is 0.493 e. The Labute approximate surface area is 152 Å². The van der Waals surface area contributed by atoms with Crippen LogP contribution < -0.4 is 9.47 Å². The van der Waals surface area contributed by atoms with Crippen LogP contribution in [-0.2, 0) is 11.2 Å². The summed E-state index contributed by atoms with van der Waals surface area (Å²) < 4.78 is 25.1. The molecule has 3 rings (SSSR count). The minimum Gasteiger partial charge on any atom is -0.493 e. The van der Waals surface area contributed by atoms with Gasteiger partial charge in [0.05, 0.1) is 18.6 Å². The van der Waals surface area contributed by atoms with Crippen molar-refractivity contribution in [2.45, 2.75) is 32.3 Å². The molecule has 0 aromatic heterocycles. The molecule has 1 aliphatic rings. The Morgan fingerprint density at radius 3 is 2.73 bits per heavy atom. The van der Waals surface area contributed by atoms with Crippen LogP contribution in [0.25, 0.3) is 0 Å². The van der Waals surface area contributed by atoms with Gasteiger partial charge in [0.25, 0.3) is 0 Å². The number of hydrogen-bond donors (Lipinski definition) is 1. The Kier molecular flexibility index (Phi) is 5.76. The average Bonchev–Trinajstić information content (AvgIpc) is 2.58. The van der Waals surface area contributed by atoms with Gasteiger partial charge in [0.1, 0.15) is 5.75 Å². The summed E-state index contributed by atoms with van der Waals surface area (Å²) in [5.74, 6) is -0.122. The first-order chi connectivity index (χ1) is 12.5. The van der Waals surface area contributed by atoms with E-state index in [9.17, 15) is 9.18 Å². The first-order valence-electron chi connectivity index (χ1n) is 8.87. The molecular weight excluding hydrogens is 335 g/mol. The molecule has 0 amide bonds. The van der Waals surface area contributed by atoms with Crippen LogP contribution in [0.4, 0.5) is 4.39 Å². The van der Waals surface area contributed by atoms with E-state index in [0.717, 1.165) is 24.2 Å². The lowest BCUT2D eigenvalue weighted by atomic mass is 9.83. The fraction of sp³-hybridized carbons (Fsp3) is 0.381. The molecule has 1 saturated carbocycles. The van der Waals surface area contributed by atoms with Crippen LogP contribution in [0.3, 0.4) is 0 Å². The maximum Gasteiger partial charge on any atom is 0.306 e. The highest BCUT2D eigenvalue weighted by Gasteiger charge is 2.32. The van der Waals surface area contributed by atoms with E-state index in [1.807, 2.05) is 24.3 Å². The van der Waals surface area contributed by atoms with Crippen molar-refractivity contribution in [3.8, 4) is 11.5 Å². The SMILES string of the molecule is CC(Cc1cccc(OCC2CC(Oc3ccccc3F)C2)c1)C(=O)O. The van der Waals surface area contributed by atoms with Crippen LogP contribution in [0, 0.1) is 17.7 Å². The van der Waals surface area contributed by atoms with Gasteiger partial charge in [-0.3, -0.25) is 4.79 Å². The number of para-hydroxylation sites is 1. The fourth-order valence-electron chi connectivity index (χ4n) is 3.04. The molecule has 26 heavy (non-hydrogen) atoms. The normalized spacial score (nSPS) is 20.1. The van der Waals surface area contributed by atoms with Gasteiger partial charge < -0.3 is 14.6 Å². The Balaban J connectivity index is 1.43. The van der Waals surface area contributed by atoms with Crippen LogP contribution in [0.1, 0.15) is 25.3 Å². The minimum atomic E-state index is -0.799. The quantitative estimate of drug-likeness (QED) is 0.763. The van der Waals surface area contributed by atoms with Gasteiger partial charge in [-0.05, 0) is 55.0 Å². The molecule has 1 N–H and O–H groups in total. The number of carboxylic acids is 1. The molecule has 5 heteroatoms. The second kappa shape index (κ2) is 8.21. The van der Waals surface area contributed by atoms with E-state index < -0.39 is 11.9 Å². The molecular formula is C21H23FO4. The zero-order chi connectivity index (χ0) is 18.5. The zero-order valence-electron chi connectivity index (χ0n) is 14.7. The van der Waals surface area contributed by atoms with Crippen molar-refractivity contribution in [3.05, 3.63) is 59.9 Å². The third-order valence-corrected chi connectivity index (χ3v) is 4.67. The molecule has 138 valence electrons. The Morgan fingerprint density at radius 1 is 1.23 bits per heavy atom. The summed E-state index contributed by atoms with van der Waals surface area (Å²) in [5.41, 5.74) is 0.951. The second-order valence-electron chi connectivity index (χ2n) is 6.91. The van der Waals surface area contributed by atoms with E-state index in [1.54, 1.807) is 25.1 Å². The zero-order valence-corrected chi connectivity index (χ0v) is 14.7. The standard InChI is InChI=1S/C21H23FO4/c1-14(21(23)24)9-15-5-4-6-17(10-15)25-13-16-11-18(12-16)26-20-8-3-2-7-19(20)22/h2-8,10,14,16,18H,9,11-13H2,1H3,(H,23,24). The molecule has 2 aromatic carbocycles. The number of aliphatic carboxylic acids is 1. The highest BCUT2D eigenvalue weighted by Crippen LogP contribution is 2.32. The van der Waals surface area contributed by atoms with Crippen molar-refractivity contribution in [2.75, 3.05) is 6.61 Å². The first-order valence-corrected chi connectivity index (χ1v) is 8.87. The number of ether oxygens (including phenoxy) is 2. The van der Waals surface area contributed by atoms with Crippen molar-refractivity contribution < 1.29 is 23.8 Å². The molecule has 1 fully saturated rings. The summed E-state index contributed by atoms with van der Waals surface area (Å²) in [6.07, 6.45) is 2.19. The van der Waals surface area contributed by atoms with Gasteiger partial charge in [0.2, 0.25) is 0 Å². The lowest BCUT2D eigenvalue weighted by molar-refractivity contribution is -0.141. The molecule has 1 aliphatic carbocycles. The van der Waals surface area contributed by atoms with Crippen molar-refractivity contribution in [3.63, 3.8) is 0 Å². The van der Waals surface area contributed by atoms with Crippen molar-refractivity contribution >= 4 is 5.97 Å². The Bertz CT molecular complexity index is 755. The van der Waals surface area contributed by atoms with Gasteiger partial charge in [0.15, 0.2) is 11.6 Å². The fourth-order valence-corrected chi connectivity index (χ4v) is 3.04. The maximum absolute atomic E-state index is 13.6. The number of hydrogen-bond acceptors (Lipinski definition) is 3. The molecule has 0 spiro atoms. The highest BCUT2D eigenvalue weighted by atomic mass is 19.1. The first kappa shape index (κ1) is 18.2. The molecule has 0 heterocycles. The summed E-state index contributed by atoms with van der Waals surface area (Å²) >= 11 is 0.